The van der Waals surface area contributed by atoms with Crippen LogP contribution in [0.25, 0.3) is 17.0 Å². The van der Waals surface area contributed by atoms with E-state index in [9.17, 15) is 23.1 Å². The van der Waals surface area contributed by atoms with Crippen molar-refractivity contribution < 1.29 is 23.1 Å². The summed E-state index contributed by atoms with van der Waals surface area (Å²) in [7, 11) is 0. The van der Waals surface area contributed by atoms with Crippen LogP contribution in [-0.4, -0.2) is 65.1 Å². The Balaban J connectivity index is 1.69. The van der Waals surface area contributed by atoms with E-state index in [2.05, 4.69) is 30.8 Å². The Labute approximate surface area is 208 Å². The number of carbonyl (C=O) groups excluding carboxylic acids is 1. The summed E-state index contributed by atoms with van der Waals surface area (Å²) in [5.41, 5.74) is 0.449. The van der Waals surface area contributed by atoms with Crippen molar-refractivity contribution in [2.45, 2.75) is 38.6 Å². The first-order chi connectivity index (χ1) is 17.5. The van der Waals surface area contributed by atoms with Gasteiger partial charge in [-0.2, -0.15) is 15.5 Å². The second-order valence-electron chi connectivity index (χ2n) is 8.68. The fraction of sp³-hybridized carbons (Fsp3) is 0.304. The third-order valence-corrected chi connectivity index (χ3v) is 5.35. The largest absolute Gasteiger partial charge is 0.387 e. The zero-order chi connectivity index (χ0) is 26.7. The highest BCUT2D eigenvalue weighted by molar-refractivity contribution is 6.00. The zero-order valence-electron chi connectivity index (χ0n) is 19.7. The van der Waals surface area contributed by atoms with Crippen LogP contribution in [0.5, 0.6) is 0 Å². The topological polar surface area (TPSA) is 146 Å². The lowest BCUT2D eigenvalue weighted by atomic mass is 10.0. The number of alkyl halides is 3. The number of nitrogens with one attached hydrogen (secondary N) is 2. The lowest BCUT2D eigenvalue weighted by Crippen LogP contribution is -2.42. The first-order valence-corrected chi connectivity index (χ1v) is 11.0. The summed E-state index contributed by atoms with van der Waals surface area (Å²) in [6.07, 6.45) is 2.45. The number of aliphatic hydroxyl groups is 1. The highest BCUT2D eigenvalue weighted by Gasteiger charge is 2.27. The number of fused-ring (bicyclic) bond motifs is 1. The fourth-order valence-electron chi connectivity index (χ4n) is 3.34. The standard InChI is InChI=1S/C23H22F3N9O2/c1-23(2,37)19(24)10-30-22(36)15-8-28-17(18-9-29-21-3-13(5-27)6-32-35(18)21)4-16(15)33-14-7-31-34(11-14)12-20(25)26/h3-4,6-9,11,19-20,37H,10,12H2,1-2H3,(H,28,33)(H,30,36)/t19-/m1/s1. The van der Waals surface area contributed by atoms with Crippen LogP contribution in [0, 0.1) is 11.3 Å². The Morgan fingerprint density at radius 1 is 1.16 bits per heavy atom. The molecule has 0 radical (unpaired) electrons. The Hall–Kier alpha value is -4.51. The van der Waals surface area contributed by atoms with Crippen molar-refractivity contribution in [1.82, 2.24) is 34.7 Å². The summed E-state index contributed by atoms with van der Waals surface area (Å²) in [5.74, 6) is -0.677. The van der Waals surface area contributed by atoms with Crippen LogP contribution in [0.2, 0.25) is 0 Å². The summed E-state index contributed by atoms with van der Waals surface area (Å²) in [5, 5.41) is 32.4. The average molecular weight is 513 g/mol. The number of nitriles is 1. The number of pyridine rings is 1. The molecular formula is C23H22F3N9O2. The van der Waals surface area contributed by atoms with E-state index in [-0.39, 0.29) is 11.3 Å². The van der Waals surface area contributed by atoms with Crippen LogP contribution in [0.3, 0.4) is 0 Å². The molecule has 4 rings (SSSR count). The van der Waals surface area contributed by atoms with Gasteiger partial charge in [-0.3, -0.25) is 14.5 Å². The van der Waals surface area contributed by atoms with Crippen molar-refractivity contribution in [1.29, 1.82) is 5.26 Å². The van der Waals surface area contributed by atoms with E-state index >= 15 is 0 Å². The Morgan fingerprint density at radius 3 is 2.65 bits per heavy atom. The minimum absolute atomic E-state index is 0.0295. The van der Waals surface area contributed by atoms with E-state index in [1.165, 1.54) is 55.4 Å². The number of amides is 1. The van der Waals surface area contributed by atoms with Crippen molar-refractivity contribution in [2.75, 3.05) is 11.9 Å². The minimum atomic E-state index is -2.60. The molecule has 4 aromatic heterocycles. The first kappa shape index (κ1) is 25.6. The lowest BCUT2D eigenvalue weighted by molar-refractivity contribution is -0.00177. The highest BCUT2D eigenvalue weighted by Crippen LogP contribution is 2.27. The zero-order valence-corrected chi connectivity index (χ0v) is 19.7. The molecule has 0 saturated heterocycles. The van der Waals surface area contributed by atoms with Crippen molar-refractivity contribution in [3.8, 4) is 17.5 Å². The van der Waals surface area contributed by atoms with Gasteiger partial charge in [-0.25, -0.2) is 22.7 Å². The van der Waals surface area contributed by atoms with Gasteiger partial charge in [0.2, 0.25) is 0 Å². The number of hydrogen-bond donors (Lipinski definition) is 3. The summed E-state index contributed by atoms with van der Waals surface area (Å²) in [4.78, 5) is 21.5. The number of carbonyl (C=O) groups is 1. The van der Waals surface area contributed by atoms with Gasteiger partial charge in [-0.15, -0.1) is 0 Å². The normalized spacial score (nSPS) is 12.5. The highest BCUT2D eigenvalue weighted by atomic mass is 19.3. The van der Waals surface area contributed by atoms with Crippen molar-refractivity contribution in [2.24, 2.45) is 0 Å². The van der Waals surface area contributed by atoms with Gasteiger partial charge in [-0.1, -0.05) is 0 Å². The van der Waals surface area contributed by atoms with Gasteiger partial charge >= 0.3 is 0 Å². The summed E-state index contributed by atoms with van der Waals surface area (Å²) < 4.78 is 42.1. The molecule has 1 amide bonds. The number of halogens is 3. The van der Waals surface area contributed by atoms with E-state index in [0.29, 0.717) is 28.3 Å². The van der Waals surface area contributed by atoms with E-state index in [1.807, 2.05) is 6.07 Å². The van der Waals surface area contributed by atoms with E-state index in [4.69, 9.17) is 5.26 Å². The smallest absolute Gasteiger partial charge is 0.257 e. The maximum absolute atomic E-state index is 14.2. The van der Waals surface area contributed by atoms with Crippen molar-refractivity contribution in [3.63, 3.8) is 0 Å². The Bertz CT molecular complexity index is 1470. The summed E-state index contributed by atoms with van der Waals surface area (Å²) in [6, 6.07) is 5.05. The fourth-order valence-corrected chi connectivity index (χ4v) is 3.34. The molecule has 37 heavy (non-hydrogen) atoms. The van der Waals surface area contributed by atoms with Gasteiger partial charge < -0.3 is 15.7 Å². The number of aromatic nitrogens is 6. The van der Waals surface area contributed by atoms with Crippen LogP contribution in [0.4, 0.5) is 24.5 Å². The number of hydrogen-bond acceptors (Lipinski definition) is 8. The van der Waals surface area contributed by atoms with Crippen LogP contribution in [0.15, 0.2) is 43.1 Å². The third-order valence-electron chi connectivity index (χ3n) is 5.35. The van der Waals surface area contributed by atoms with Crippen LogP contribution in [-0.2, 0) is 6.54 Å². The van der Waals surface area contributed by atoms with Crippen LogP contribution < -0.4 is 10.6 Å². The van der Waals surface area contributed by atoms with Crippen LogP contribution >= 0.6 is 0 Å². The predicted molar refractivity (Wildman–Crippen MR) is 126 cm³/mol. The third kappa shape index (κ3) is 5.84. The van der Waals surface area contributed by atoms with E-state index in [0.717, 1.165) is 4.68 Å². The molecule has 0 aliphatic rings. The van der Waals surface area contributed by atoms with Gasteiger partial charge in [0, 0.05) is 18.5 Å². The molecule has 4 heterocycles. The molecule has 11 nitrogen and oxygen atoms in total. The monoisotopic (exact) mass is 513 g/mol. The molecule has 1 atom stereocenters. The average Bonchev–Trinajstić information content (AvgIpc) is 3.47. The second-order valence-corrected chi connectivity index (χ2v) is 8.68. The molecule has 3 N–H and O–H groups in total. The van der Waals surface area contributed by atoms with Gasteiger partial charge in [0.15, 0.2) is 5.65 Å². The van der Waals surface area contributed by atoms with E-state index in [1.54, 1.807) is 6.07 Å². The molecule has 0 aliphatic carbocycles. The molecule has 14 heteroatoms. The summed E-state index contributed by atoms with van der Waals surface area (Å²) in [6.45, 7) is 1.51. The van der Waals surface area contributed by atoms with Crippen molar-refractivity contribution >= 4 is 22.9 Å². The molecule has 0 saturated carbocycles. The van der Waals surface area contributed by atoms with E-state index < -0.39 is 37.2 Å². The SMILES string of the molecule is CC(C)(O)[C@H](F)CNC(=O)c1cnc(-c2cnc3cc(C#N)cnn23)cc1Nc1cnn(CC(F)F)c1. The lowest BCUT2D eigenvalue weighted by Gasteiger charge is -2.22. The van der Waals surface area contributed by atoms with Gasteiger partial charge in [0.1, 0.15) is 24.5 Å². The molecule has 4 aromatic rings. The summed E-state index contributed by atoms with van der Waals surface area (Å²) >= 11 is 0. The Morgan fingerprint density at radius 2 is 1.95 bits per heavy atom. The van der Waals surface area contributed by atoms with Gasteiger partial charge in [-0.05, 0) is 19.9 Å². The number of nitrogens with zero attached hydrogens (tertiary/aromatic N) is 7. The number of anilines is 2. The quantitative estimate of drug-likeness (QED) is 0.310. The maximum Gasteiger partial charge on any atom is 0.257 e. The minimum Gasteiger partial charge on any atom is -0.387 e. The molecule has 0 aromatic carbocycles. The predicted octanol–water partition coefficient (Wildman–Crippen LogP) is 2.71. The van der Waals surface area contributed by atoms with Gasteiger partial charge in [0.25, 0.3) is 12.3 Å². The van der Waals surface area contributed by atoms with Crippen LogP contribution in [0.1, 0.15) is 29.8 Å². The maximum atomic E-state index is 14.2. The molecule has 0 aliphatic heterocycles. The number of rotatable bonds is 9. The molecule has 192 valence electrons. The first-order valence-electron chi connectivity index (χ1n) is 11.0. The number of imidazole rings is 1. The molecule has 0 bridgehead atoms. The van der Waals surface area contributed by atoms with Gasteiger partial charge in [0.05, 0.1) is 58.9 Å². The molecule has 0 fully saturated rings. The second kappa shape index (κ2) is 10.2. The molecule has 0 unspecified atom stereocenters. The molecular weight excluding hydrogens is 491 g/mol. The molecule has 0 spiro atoms. The Kier molecular flexibility index (Phi) is 7.07. The van der Waals surface area contributed by atoms with Crippen molar-refractivity contribution in [3.05, 3.63) is 54.2 Å².